The van der Waals surface area contributed by atoms with E-state index in [0.29, 0.717) is 16.1 Å². The first kappa shape index (κ1) is 12.6. The van der Waals surface area contributed by atoms with Crippen LogP contribution in [0, 0.1) is 0 Å². The van der Waals surface area contributed by atoms with Gasteiger partial charge in [0, 0.05) is 11.6 Å². The first-order valence-corrected chi connectivity index (χ1v) is 6.76. The zero-order valence-electron chi connectivity index (χ0n) is 9.91. The summed E-state index contributed by atoms with van der Waals surface area (Å²) in [5, 5.41) is 0. The van der Waals surface area contributed by atoms with E-state index in [9.17, 15) is 4.79 Å². The van der Waals surface area contributed by atoms with Gasteiger partial charge in [-0.05, 0) is 40.9 Å². The molecule has 1 aliphatic carbocycles. The number of methoxy groups -OCH3 is 1. The number of carbonyl (C=O) groups is 1. The van der Waals surface area contributed by atoms with Crippen LogP contribution in [-0.2, 0) is 4.74 Å². The first-order valence-electron chi connectivity index (χ1n) is 5.97. The van der Waals surface area contributed by atoms with Crippen molar-refractivity contribution in [1.82, 2.24) is 4.98 Å². The van der Waals surface area contributed by atoms with Crippen molar-refractivity contribution in [2.75, 3.05) is 7.11 Å². The molecule has 1 fully saturated rings. The van der Waals surface area contributed by atoms with Crippen molar-refractivity contribution in [2.45, 2.75) is 38.0 Å². The third kappa shape index (κ3) is 2.86. The van der Waals surface area contributed by atoms with Crippen molar-refractivity contribution < 1.29 is 9.53 Å². The minimum Gasteiger partial charge on any atom is -0.464 e. The monoisotopic (exact) mass is 297 g/mol. The van der Waals surface area contributed by atoms with Crippen molar-refractivity contribution in [3.63, 3.8) is 0 Å². The molecule has 92 valence electrons. The number of nitrogens with zero attached hydrogens (tertiary/aromatic N) is 1. The Hall–Kier alpha value is -0.900. The van der Waals surface area contributed by atoms with Gasteiger partial charge in [0.1, 0.15) is 0 Å². The van der Waals surface area contributed by atoms with Crippen LogP contribution >= 0.6 is 15.9 Å². The van der Waals surface area contributed by atoms with E-state index < -0.39 is 0 Å². The standard InChI is InChI=1S/C13H16BrNO2/c1-17-13(16)12-10(14)7-8-11(15-12)9-5-3-2-4-6-9/h7-9H,2-6H2,1H3. The van der Waals surface area contributed by atoms with Gasteiger partial charge in [-0.1, -0.05) is 19.3 Å². The molecule has 3 nitrogen and oxygen atoms in total. The summed E-state index contributed by atoms with van der Waals surface area (Å²) in [6, 6.07) is 3.90. The Balaban J connectivity index is 2.26. The summed E-state index contributed by atoms with van der Waals surface area (Å²) in [6.07, 6.45) is 6.19. The van der Waals surface area contributed by atoms with Crippen LogP contribution in [0.4, 0.5) is 0 Å². The number of ether oxygens (including phenoxy) is 1. The van der Waals surface area contributed by atoms with Crippen molar-refractivity contribution in [2.24, 2.45) is 0 Å². The molecule has 0 atom stereocenters. The molecule has 0 aromatic carbocycles. The Morgan fingerprint density at radius 1 is 1.35 bits per heavy atom. The van der Waals surface area contributed by atoms with Gasteiger partial charge in [0.2, 0.25) is 0 Å². The van der Waals surface area contributed by atoms with Gasteiger partial charge in [0.15, 0.2) is 5.69 Å². The molecule has 0 saturated heterocycles. The van der Waals surface area contributed by atoms with Gasteiger partial charge >= 0.3 is 5.97 Å². The highest BCUT2D eigenvalue weighted by Gasteiger charge is 2.20. The molecule has 1 heterocycles. The second-order valence-corrected chi connectivity index (χ2v) is 5.25. The van der Waals surface area contributed by atoms with Crippen LogP contribution in [0.1, 0.15) is 54.2 Å². The van der Waals surface area contributed by atoms with E-state index in [1.54, 1.807) is 0 Å². The maximum atomic E-state index is 11.6. The highest BCUT2D eigenvalue weighted by Crippen LogP contribution is 2.32. The zero-order chi connectivity index (χ0) is 12.3. The number of hydrogen-bond acceptors (Lipinski definition) is 3. The predicted octanol–water partition coefficient (Wildman–Crippen LogP) is 3.68. The molecule has 0 N–H and O–H groups in total. The molecule has 4 heteroatoms. The Morgan fingerprint density at radius 2 is 2.06 bits per heavy atom. The van der Waals surface area contributed by atoms with E-state index in [2.05, 4.69) is 20.9 Å². The van der Waals surface area contributed by atoms with Crippen LogP contribution in [0.2, 0.25) is 0 Å². The largest absolute Gasteiger partial charge is 0.464 e. The van der Waals surface area contributed by atoms with Crippen molar-refractivity contribution >= 4 is 21.9 Å². The number of pyridine rings is 1. The number of rotatable bonds is 2. The number of carbonyl (C=O) groups excluding carboxylic acids is 1. The molecule has 17 heavy (non-hydrogen) atoms. The fourth-order valence-electron chi connectivity index (χ4n) is 2.32. The molecule has 0 radical (unpaired) electrons. The lowest BCUT2D eigenvalue weighted by molar-refractivity contribution is 0.0592. The van der Waals surface area contributed by atoms with Crippen LogP contribution in [0.15, 0.2) is 16.6 Å². The van der Waals surface area contributed by atoms with Gasteiger partial charge in [-0.3, -0.25) is 0 Å². The molecular formula is C13H16BrNO2. The molecule has 0 spiro atoms. The predicted molar refractivity (Wildman–Crippen MR) is 69.1 cm³/mol. The van der Waals surface area contributed by atoms with Crippen LogP contribution in [0.3, 0.4) is 0 Å². The van der Waals surface area contributed by atoms with Gasteiger partial charge in [-0.25, -0.2) is 9.78 Å². The van der Waals surface area contributed by atoms with Crippen molar-refractivity contribution in [3.05, 3.63) is 28.0 Å². The number of hydrogen-bond donors (Lipinski definition) is 0. The Labute approximate surface area is 110 Å². The highest BCUT2D eigenvalue weighted by atomic mass is 79.9. The molecule has 1 aliphatic rings. The minimum atomic E-state index is -0.380. The van der Waals surface area contributed by atoms with E-state index in [1.165, 1.54) is 39.2 Å². The molecule has 0 unspecified atom stereocenters. The average Bonchev–Trinajstić information content (AvgIpc) is 2.39. The van der Waals surface area contributed by atoms with E-state index in [-0.39, 0.29) is 5.97 Å². The summed E-state index contributed by atoms with van der Waals surface area (Å²) in [6.45, 7) is 0. The van der Waals surface area contributed by atoms with Crippen molar-refractivity contribution in [3.8, 4) is 0 Å². The summed E-state index contributed by atoms with van der Waals surface area (Å²) in [4.78, 5) is 16.0. The average molecular weight is 298 g/mol. The molecule has 0 amide bonds. The molecule has 0 bridgehead atoms. The molecular weight excluding hydrogens is 282 g/mol. The number of esters is 1. The number of aromatic nitrogens is 1. The summed E-state index contributed by atoms with van der Waals surface area (Å²) in [7, 11) is 1.38. The lowest BCUT2D eigenvalue weighted by atomic mass is 9.86. The summed E-state index contributed by atoms with van der Waals surface area (Å²) in [5.41, 5.74) is 1.41. The molecule has 0 aliphatic heterocycles. The maximum absolute atomic E-state index is 11.6. The summed E-state index contributed by atoms with van der Waals surface area (Å²) < 4.78 is 5.43. The van der Waals surface area contributed by atoms with E-state index in [4.69, 9.17) is 4.74 Å². The maximum Gasteiger partial charge on any atom is 0.357 e. The Bertz CT molecular complexity index is 414. The third-order valence-corrected chi connectivity index (χ3v) is 3.91. The summed E-state index contributed by atoms with van der Waals surface area (Å²) in [5.74, 6) is 0.120. The smallest absolute Gasteiger partial charge is 0.357 e. The zero-order valence-corrected chi connectivity index (χ0v) is 11.5. The molecule has 2 rings (SSSR count). The molecule has 1 aromatic heterocycles. The van der Waals surface area contributed by atoms with Gasteiger partial charge in [-0.2, -0.15) is 0 Å². The summed E-state index contributed by atoms with van der Waals surface area (Å²) >= 11 is 3.33. The minimum absolute atomic E-state index is 0.380. The number of halogens is 1. The van der Waals surface area contributed by atoms with Gasteiger partial charge in [-0.15, -0.1) is 0 Å². The highest BCUT2D eigenvalue weighted by molar-refractivity contribution is 9.10. The van der Waals surface area contributed by atoms with Crippen LogP contribution in [0.5, 0.6) is 0 Å². The van der Waals surface area contributed by atoms with Gasteiger partial charge < -0.3 is 4.74 Å². The topological polar surface area (TPSA) is 39.2 Å². The quantitative estimate of drug-likeness (QED) is 0.782. The van der Waals surface area contributed by atoms with Crippen LogP contribution in [0.25, 0.3) is 0 Å². The lowest BCUT2D eigenvalue weighted by Gasteiger charge is -2.21. The van der Waals surface area contributed by atoms with Crippen LogP contribution < -0.4 is 0 Å². The van der Waals surface area contributed by atoms with E-state index in [1.807, 2.05) is 12.1 Å². The molecule has 1 saturated carbocycles. The van der Waals surface area contributed by atoms with Crippen LogP contribution in [-0.4, -0.2) is 18.1 Å². The first-order chi connectivity index (χ1) is 8.22. The van der Waals surface area contributed by atoms with E-state index >= 15 is 0 Å². The Morgan fingerprint density at radius 3 is 2.71 bits per heavy atom. The van der Waals surface area contributed by atoms with Crippen molar-refractivity contribution in [1.29, 1.82) is 0 Å². The SMILES string of the molecule is COC(=O)c1nc(C2CCCCC2)ccc1Br. The van der Waals surface area contributed by atoms with E-state index in [0.717, 1.165) is 5.69 Å². The fourth-order valence-corrected chi connectivity index (χ4v) is 2.71. The Kier molecular flexibility index (Phi) is 4.15. The third-order valence-electron chi connectivity index (χ3n) is 3.27. The lowest BCUT2D eigenvalue weighted by Crippen LogP contribution is -2.11. The molecule has 1 aromatic rings. The second-order valence-electron chi connectivity index (χ2n) is 4.39. The van der Waals surface area contributed by atoms with Gasteiger partial charge in [0.25, 0.3) is 0 Å². The second kappa shape index (κ2) is 5.63. The fraction of sp³-hybridized carbons (Fsp3) is 0.538. The normalized spacial score (nSPS) is 16.8. The van der Waals surface area contributed by atoms with Gasteiger partial charge in [0.05, 0.1) is 11.6 Å².